The second kappa shape index (κ2) is 3.67. The summed E-state index contributed by atoms with van der Waals surface area (Å²) in [5.74, 6) is -0.456. The van der Waals surface area contributed by atoms with Gasteiger partial charge in [0.1, 0.15) is 0 Å². The minimum Gasteiger partial charge on any atom is -0.465 e. The number of carbonyl (C=O) groups excluding carboxylic acids is 1. The van der Waals surface area contributed by atoms with Crippen molar-refractivity contribution in [3.05, 3.63) is 24.3 Å². The Morgan fingerprint density at radius 2 is 2.07 bits per heavy atom. The lowest BCUT2D eigenvalue weighted by molar-refractivity contribution is -0.151. The molecule has 0 saturated heterocycles. The lowest BCUT2D eigenvalue weighted by atomic mass is 9.88. The van der Waals surface area contributed by atoms with Crippen LogP contribution in [0.5, 0.6) is 0 Å². The summed E-state index contributed by atoms with van der Waals surface area (Å²) in [4.78, 5) is 11.6. The molecule has 0 aromatic carbocycles. The fraction of sp³-hybridized carbons (Fsp3) is 0.455. The maximum absolute atomic E-state index is 11.6. The topological polar surface area (TPSA) is 50.1 Å². The Balaban J connectivity index is 2.91. The zero-order valence-corrected chi connectivity index (χ0v) is 8.30. The van der Waals surface area contributed by atoms with Gasteiger partial charge in [-0.1, -0.05) is 24.3 Å². The monoisotopic (exact) mass is 191 g/mol. The zero-order valence-electron chi connectivity index (χ0n) is 8.30. The predicted molar refractivity (Wildman–Crippen MR) is 52.2 cm³/mol. The van der Waals surface area contributed by atoms with E-state index in [0.717, 1.165) is 11.1 Å². The number of nitriles is 1. The Hall–Kier alpha value is -1.56. The first-order valence-electron chi connectivity index (χ1n) is 4.50. The zero-order chi connectivity index (χ0) is 10.8. The second-order valence-corrected chi connectivity index (χ2v) is 3.48. The Bertz CT molecular complexity index is 320. The molecule has 1 aliphatic carbocycles. The summed E-state index contributed by atoms with van der Waals surface area (Å²) in [5.41, 5.74) is 0.490. The minimum absolute atomic E-state index is 0.293. The van der Waals surface area contributed by atoms with Crippen LogP contribution in [0.1, 0.15) is 19.8 Å². The molecule has 0 heterocycles. The highest BCUT2D eigenvalue weighted by atomic mass is 16.5. The molecule has 0 atom stereocenters. The van der Waals surface area contributed by atoms with Gasteiger partial charge >= 0.3 is 5.97 Å². The number of rotatable bonds is 2. The standard InChI is InChI=1S/C11H13NO2/c1-4-14-10(13)11(7-12)5-8(2)9(3)6-11/h2-6H2,1H3. The Kier molecular flexibility index (Phi) is 2.76. The molecular weight excluding hydrogens is 178 g/mol. The van der Waals surface area contributed by atoms with Crippen LogP contribution in [-0.2, 0) is 9.53 Å². The molecule has 0 N–H and O–H groups in total. The van der Waals surface area contributed by atoms with Crippen molar-refractivity contribution in [2.45, 2.75) is 19.8 Å². The van der Waals surface area contributed by atoms with E-state index in [-0.39, 0.29) is 0 Å². The van der Waals surface area contributed by atoms with E-state index in [1.54, 1.807) is 6.92 Å². The van der Waals surface area contributed by atoms with Gasteiger partial charge in [0, 0.05) is 12.8 Å². The van der Waals surface area contributed by atoms with E-state index in [2.05, 4.69) is 13.2 Å². The normalized spacial score (nSPS) is 19.1. The molecule has 0 unspecified atom stereocenters. The Labute approximate surface area is 83.7 Å². The number of allylic oxidation sites excluding steroid dienone is 2. The van der Waals surface area contributed by atoms with Gasteiger partial charge in [-0.15, -0.1) is 0 Å². The van der Waals surface area contributed by atoms with Gasteiger partial charge in [-0.05, 0) is 6.92 Å². The van der Waals surface area contributed by atoms with Crippen molar-refractivity contribution in [2.75, 3.05) is 6.61 Å². The predicted octanol–water partition coefficient (Wildman–Crippen LogP) is 1.97. The van der Waals surface area contributed by atoms with Crippen molar-refractivity contribution in [3.8, 4) is 6.07 Å². The van der Waals surface area contributed by atoms with Crippen LogP contribution in [0.4, 0.5) is 0 Å². The third-order valence-electron chi connectivity index (χ3n) is 2.41. The van der Waals surface area contributed by atoms with Crippen LogP contribution in [-0.4, -0.2) is 12.6 Å². The van der Waals surface area contributed by atoms with Gasteiger partial charge in [-0.25, -0.2) is 0 Å². The Morgan fingerprint density at radius 3 is 2.43 bits per heavy atom. The molecule has 0 aliphatic heterocycles. The van der Waals surface area contributed by atoms with Crippen molar-refractivity contribution in [3.63, 3.8) is 0 Å². The minimum atomic E-state index is -1.07. The van der Waals surface area contributed by atoms with E-state index in [4.69, 9.17) is 10.00 Å². The van der Waals surface area contributed by atoms with Gasteiger partial charge in [-0.3, -0.25) is 4.79 Å². The summed E-state index contributed by atoms with van der Waals surface area (Å²) in [5, 5.41) is 9.02. The van der Waals surface area contributed by atoms with E-state index >= 15 is 0 Å². The second-order valence-electron chi connectivity index (χ2n) is 3.48. The van der Waals surface area contributed by atoms with E-state index < -0.39 is 11.4 Å². The van der Waals surface area contributed by atoms with Gasteiger partial charge in [0.05, 0.1) is 12.7 Å². The van der Waals surface area contributed by atoms with Gasteiger partial charge < -0.3 is 4.74 Å². The number of hydrogen-bond donors (Lipinski definition) is 0. The molecule has 74 valence electrons. The van der Waals surface area contributed by atoms with Gasteiger partial charge in [0.15, 0.2) is 5.41 Å². The molecule has 0 amide bonds. The number of esters is 1. The molecule has 0 aromatic rings. The Morgan fingerprint density at radius 1 is 1.57 bits per heavy atom. The molecule has 0 radical (unpaired) electrons. The lowest BCUT2D eigenvalue weighted by Crippen LogP contribution is -2.28. The lowest BCUT2D eigenvalue weighted by Gasteiger charge is -2.16. The smallest absolute Gasteiger partial charge is 0.327 e. The van der Waals surface area contributed by atoms with Crippen molar-refractivity contribution in [2.24, 2.45) is 5.41 Å². The van der Waals surface area contributed by atoms with Crippen LogP contribution < -0.4 is 0 Å². The first-order valence-corrected chi connectivity index (χ1v) is 4.50. The fourth-order valence-electron chi connectivity index (χ4n) is 1.58. The highest BCUT2D eigenvalue weighted by molar-refractivity contribution is 5.82. The molecule has 0 bridgehead atoms. The molecule has 14 heavy (non-hydrogen) atoms. The number of ether oxygens (including phenoxy) is 1. The maximum atomic E-state index is 11.6. The summed E-state index contributed by atoms with van der Waals surface area (Å²) in [7, 11) is 0. The van der Waals surface area contributed by atoms with Gasteiger partial charge in [0.25, 0.3) is 0 Å². The van der Waals surface area contributed by atoms with Crippen LogP contribution in [0, 0.1) is 16.7 Å². The fourth-order valence-corrected chi connectivity index (χ4v) is 1.58. The number of nitrogens with zero attached hydrogens (tertiary/aromatic N) is 1. The first-order chi connectivity index (χ1) is 6.55. The maximum Gasteiger partial charge on any atom is 0.327 e. The third kappa shape index (κ3) is 1.56. The van der Waals surface area contributed by atoms with Crippen molar-refractivity contribution in [1.82, 2.24) is 0 Å². The van der Waals surface area contributed by atoms with Crippen LogP contribution in [0.2, 0.25) is 0 Å². The molecule has 0 aromatic heterocycles. The molecule has 3 heteroatoms. The van der Waals surface area contributed by atoms with E-state index in [1.807, 2.05) is 6.07 Å². The van der Waals surface area contributed by atoms with Gasteiger partial charge in [0.2, 0.25) is 0 Å². The number of hydrogen-bond acceptors (Lipinski definition) is 3. The SMILES string of the molecule is C=C1CC(C#N)(C(=O)OCC)CC1=C. The first kappa shape index (κ1) is 10.5. The van der Waals surface area contributed by atoms with E-state index in [0.29, 0.717) is 19.4 Å². The molecule has 1 rings (SSSR count). The van der Waals surface area contributed by atoms with Crippen molar-refractivity contribution >= 4 is 5.97 Å². The van der Waals surface area contributed by atoms with Gasteiger partial charge in [-0.2, -0.15) is 5.26 Å². The summed E-state index contributed by atoms with van der Waals surface area (Å²) >= 11 is 0. The molecule has 3 nitrogen and oxygen atoms in total. The molecule has 1 fully saturated rings. The van der Waals surface area contributed by atoms with Crippen LogP contribution in [0.3, 0.4) is 0 Å². The third-order valence-corrected chi connectivity index (χ3v) is 2.41. The molecule has 0 spiro atoms. The van der Waals surface area contributed by atoms with Crippen LogP contribution in [0.15, 0.2) is 24.3 Å². The average Bonchev–Trinajstić information content (AvgIpc) is 2.44. The van der Waals surface area contributed by atoms with Crippen LogP contribution in [0.25, 0.3) is 0 Å². The van der Waals surface area contributed by atoms with E-state index in [1.165, 1.54) is 0 Å². The summed E-state index contributed by atoms with van der Waals surface area (Å²) in [6.45, 7) is 9.54. The largest absolute Gasteiger partial charge is 0.465 e. The van der Waals surface area contributed by atoms with Crippen LogP contribution >= 0.6 is 0 Å². The summed E-state index contributed by atoms with van der Waals surface area (Å²) < 4.78 is 4.87. The van der Waals surface area contributed by atoms with Crippen molar-refractivity contribution in [1.29, 1.82) is 5.26 Å². The molecular formula is C11H13NO2. The molecule has 1 saturated carbocycles. The quantitative estimate of drug-likeness (QED) is 0.627. The number of carbonyl (C=O) groups is 1. The summed E-state index contributed by atoms with van der Waals surface area (Å²) in [6, 6.07) is 2.03. The average molecular weight is 191 g/mol. The highest BCUT2D eigenvalue weighted by Crippen LogP contribution is 2.43. The van der Waals surface area contributed by atoms with Crippen molar-refractivity contribution < 1.29 is 9.53 Å². The summed E-state index contributed by atoms with van der Waals surface area (Å²) in [6.07, 6.45) is 0.697. The van der Waals surface area contributed by atoms with E-state index in [9.17, 15) is 4.79 Å². The highest BCUT2D eigenvalue weighted by Gasteiger charge is 2.46. The molecule has 1 aliphatic rings.